The van der Waals surface area contributed by atoms with Crippen LogP contribution in [0.3, 0.4) is 0 Å². The number of para-hydroxylation sites is 1. The van der Waals surface area contributed by atoms with E-state index in [4.69, 9.17) is 28.9 Å². The first-order valence-electron chi connectivity index (χ1n) is 7.48. The summed E-state index contributed by atoms with van der Waals surface area (Å²) < 4.78 is 0. The molecule has 5 nitrogen and oxygen atoms in total. The molecule has 0 amide bonds. The monoisotopic (exact) mass is 359 g/mol. The lowest BCUT2D eigenvalue weighted by atomic mass is 10.1. The zero-order chi connectivity index (χ0) is 16.7. The Labute approximate surface area is 149 Å². The van der Waals surface area contributed by atoms with Crippen LogP contribution in [0.5, 0.6) is 0 Å². The van der Waals surface area contributed by atoms with Gasteiger partial charge in [0.05, 0.1) is 22.3 Å². The number of aromatic amines is 1. The van der Waals surface area contributed by atoms with Gasteiger partial charge in [-0.05, 0) is 30.3 Å². The summed E-state index contributed by atoms with van der Waals surface area (Å²) in [4.78, 5) is 4.17. The molecule has 2 aromatic carbocycles. The van der Waals surface area contributed by atoms with Gasteiger partial charge in [-0.2, -0.15) is 5.10 Å². The molecule has 3 N–H and O–H groups in total. The maximum Gasteiger partial charge on any atom is 0.162 e. The first kappa shape index (κ1) is 15.3. The average molecular weight is 360 g/mol. The van der Waals surface area contributed by atoms with E-state index < -0.39 is 0 Å². The highest BCUT2D eigenvalue weighted by molar-refractivity contribution is 6.42. The summed E-state index contributed by atoms with van der Waals surface area (Å²) in [5.41, 5.74) is 9.33. The summed E-state index contributed by atoms with van der Waals surface area (Å²) in [7, 11) is 0. The topological polar surface area (TPSA) is 61.2 Å². The summed E-state index contributed by atoms with van der Waals surface area (Å²) in [6.45, 7) is 0.557. The third kappa shape index (κ3) is 2.51. The van der Waals surface area contributed by atoms with Gasteiger partial charge in [0, 0.05) is 17.6 Å². The Bertz CT molecular complexity index is 864. The number of aromatic nitrogens is 2. The Balaban J connectivity index is 1.79. The molecule has 0 fully saturated rings. The van der Waals surface area contributed by atoms with Crippen molar-refractivity contribution in [1.29, 1.82) is 0 Å². The average Bonchev–Trinajstić information content (AvgIpc) is 3.09. The zero-order valence-electron chi connectivity index (χ0n) is 12.7. The van der Waals surface area contributed by atoms with Gasteiger partial charge < -0.3 is 15.5 Å². The summed E-state index contributed by atoms with van der Waals surface area (Å²) in [6, 6.07) is 15.6. The quantitative estimate of drug-likeness (QED) is 0.716. The van der Waals surface area contributed by atoms with Crippen molar-refractivity contribution in [3.05, 3.63) is 70.3 Å². The fraction of sp³-hybridized carbons (Fsp3) is 0.118. The molecule has 3 aromatic rings. The third-order valence-corrected chi connectivity index (χ3v) is 4.89. The second kappa shape index (κ2) is 6.02. The summed E-state index contributed by atoms with van der Waals surface area (Å²) >= 11 is 12.2. The Morgan fingerprint density at radius 1 is 1.04 bits per heavy atom. The molecule has 0 saturated carbocycles. The first-order valence-corrected chi connectivity index (χ1v) is 8.24. The predicted molar refractivity (Wildman–Crippen MR) is 97.9 cm³/mol. The van der Waals surface area contributed by atoms with Crippen LogP contribution in [-0.2, 0) is 0 Å². The minimum atomic E-state index is -0.278. The molecule has 1 atom stereocenters. The molecule has 1 aliphatic rings. The van der Waals surface area contributed by atoms with Gasteiger partial charge in [0.2, 0.25) is 0 Å². The number of rotatable bonds is 2. The molecule has 122 valence electrons. The largest absolute Gasteiger partial charge is 0.334 e. The van der Waals surface area contributed by atoms with E-state index in [1.807, 2.05) is 48.7 Å². The number of hydrogen-bond acceptors (Lipinski definition) is 4. The molecule has 24 heavy (non-hydrogen) atoms. The number of nitrogens with zero attached hydrogens (tertiary/aromatic N) is 3. The number of fused-ring (bicyclic) bond motifs is 1. The number of nitrogens with one attached hydrogen (secondary N) is 1. The predicted octanol–water partition coefficient (Wildman–Crippen LogP) is 4.29. The molecule has 7 heteroatoms. The number of H-pyrrole nitrogens is 1. The molecule has 2 heterocycles. The van der Waals surface area contributed by atoms with Crippen LogP contribution in [0.25, 0.3) is 0 Å². The normalized spacial score (nSPS) is 17.0. The second-order valence-electron chi connectivity index (χ2n) is 5.58. The summed E-state index contributed by atoms with van der Waals surface area (Å²) in [5, 5.41) is 8.31. The Morgan fingerprint density at radius 2 is 1.83 bits per heavy atom. The highest BCUT2D eigenvalue weighted by Crippen LogP contribution is 2.39. The lowest BCUT2D eigenvalue weighted by Gasteiger charge is -2.41. The van der Waals surface area contributed by atoms with E-state index in [1.54, 1.807) is 6.07 Å². The minimum absolute atomic E-state index is 0.278. The number of anilines is 3. The van der Waals surface area contributed by atoms with Gasteiger partial charge in [-0.15, -0.1) is 0 Å². The van der Waals surface area contributed by atoms with Crippen molar-refractivity contribution in [1.82, 2.24) is 10.2 Å². The summed E-state index contributed by atoms with van der Waals surface area (Å²) in [6.07, 6.45) is 1.56. The molecule has 4 rings (SSSR count). The van der Waals surface area contributed by atoms with Crippen LogP contribution < -0.4 is 15.5 Å². The maximum absolute atomic E-state index is 6.45. The Morgan fingerprint density at radius 3 is 2.58 bits per heavy atom. The van der Waals surface area contributed by atoms with Gasteiger partial charge in [0.15, 0.2) is 5.82 Å². The van der Waals surface area contributed by atoms with Gasteiger partial charge in [0.25, 0.3) is 0 Å². The highest BCUT2D eigenvalue weighted by atomic mass is 35.5. The molecule has 1 unspecified atom stereocenters. The van der Waals surface area contributed by atoms with Gasteiger partial charge in [-0.25, -0.2) is 0 Å². The van der Waals surface area contributed by atoms with E-state index in [0.717, 1.165) is 22.8 Å². The molecule has 1 aromatic heterocycles. The Kier molecular flexibility index (Phi) is 3.84. The van der Waals surface area contributed by atoms with Crippen LogP contribution in [-0.4, -0.2) is 16.9 Å². The molecule has 0 bridgehead atoms. The highest BCUT2D eigenvalue weighted by Gasteiger charge is 2.32. The van der Waals surface area contributed by atoms with Gasteiger partial charge in [0.1, 0.15) is 6.17 Å². The van der Waals surface area contributed by atoms with Crippen molar-refractivity contribution in [3.63, 3.8) is 0 Å². The molecule has 0 saturated heterocycles. The van der Waals surface area contributed by atoms with E-state index in [-0.39, 0.29) is 6.17 Å². The van der Waals surface area contributed by atoms with Crippen molar-refractivity contribution in [2.24, 2.45) is 5.73 Å². The van der Waals surface area contributed by atoms with Crippen LogP contribution in [0.15, 0.2) is 54.7 Å². The van der Waals surface area contributed by atoms with Crippen molar-refractivity contribution < 1.29 is 0 Å². The van der Waals surface area contributed by atoms with Crippen LogP contribution in [0.2, 0.25) is 10.0 Å². The molecule has 0 radical (unpaired) electrons. The molecular weight excluding hydrogens is 345 g/mol. The van der Waals surface area contributed by atoms with E-state index in [9.17, 15) is 0 Å². The molecule has 0 spiro atoms. The maximum atomic E-state index is 6.45. The lowest BCUT2D eigenvalue weighted by molar-refractivity contribution is 0.617. The van der Waals surface area contributed by atoms with Gasteiger partial charge in [-0.1, -0.05) is 41.4 Å². The number of hydrogen-bond donors (Lipinski definition) is 2. The third-order valence-electron chi connectivity index (χ3n) is 4.16. The molecular formula is C17H15Cl2N5. The molecule has 1 aliphatic heterocycles. The minimum Gasteiger partial charge on any atom is -0.334 e. The Hall–Kier alpha value is -2.21. The number of benzene rings is 2. The standard InChI is InChI=1S/C17H15Cl2N5/c18-14-7-6-12(8-15(14)19)24-10-23(11-4-2-1-3-5-11)16(20)13-9-21-22-17(13)24/h1-9,16H,10,20H2,(H,21,22). The SMILES string of the molecule is NC1c2c[nH]nc2N(c2ccc(Cl)c(Cl)c2)CN1c1ccccc1. The van der Waals surface area contributed by atoms with E-state index in [1.165, 1.54) is 0 Å². The number of nitrogens with two attached hydrogens (primary N) is 1. The van der Waals surface area contributed by atoms with Crippen LogP contribution in [0, 0.1) is 0 Å². The van der Waals surface area contributed by atoms with Crippen LogP contribution in [0.4, 0.5) is 17.2 Å². The zero-order valence-corrected chi connectivity index (χ0v) is 14.2. The lowest BCUT2D eigenvalue weighted by Crippen LogP contribution is -2.46. The fourth-order valence-corrected chi connectivity index (χ4v) is 3.21. The van der Waals surface area contributed by atoms with Crippen molar-refractivity contribution in [3.8, 4) is 0 Å². The van der Waals surface area contributed by atoms with E-state index >= 15 is 0 Å². The van der Waals surface area contributed by atoms with Crippen molar-refractivity contribution in [2.75, 3.05) is 16.5 Å². The van der Waals surface area contributed by atoms with Gasteiger partial charge >= 0.3 is 0 Å². The van der Waals surface area contributed by atoms with Crippen LogP contribution >= 0.6 is 23.2 Å². The number of halogens is 2. The van der Waals surface area contributed by atoms with Crippen molar-refractivity contribution >= 4 is 40.4 Å². The van der Waals surface area contributed by atoms with E-state index in [0.29, 0.717) is 16.7 Å². The van der Waals surface area contributed by atoms with Crippen LogP contribution in [0.1, 0.15) is 11.7 Å². The van der Waals surface area contributed by atoms with Gasteiger partial charge in [-0.3, -0.25) is 5.10 Å². The second-order valence-corrected chi connectivity index (χ2v) is 6.40. The smallest absolute Gasteiger partial charge is 0.162 e. The fourth-order valence-electron chi connectivity index (χ4n) is 2.92. The summed E-state index contributed by atoms with van der Waals surface area (Å²) in [5.74, 6) is 0.799. The van der Waals surface area contributed by atoms with Crippen molar-refractivity contribution in [2.45, 2.75) is 6.17 Å². The van der Waals surface area contributed by atoms with E-state index in [2.05, 4.69) is 20.0 Å². The molecule has 0 aliphatic carbocycles. The first-order chi connectivity index (χ1) is 11.6.